The van der Waals surface area contributed by atoms with E-state index in [2.05, 4.69) is 26.3 Å². The summed E-state index contributed by atoms with van der Waals surface area (Å²) in [6, 6.07) is 0. The van der Waals surface area contributed by atoms with Crippen LogP contribution >= 0.6 is 0 Å². The van der Waals surface area contributed by atoms with E-state index in [9.17, 15) is 0 Å². The molecule has 0 amide bonds. The molecule has 0 aromatic carbocycles. The van der Waals surface area contributed by atoms with Crippen LogP contribution in [0.5, 0.6) is 0 Å². The van der Waals surface area contributed by atoms with E-state index >= 15 is 0 Å². The average Bonchev–Trinajstić information content (AvgIpc) is 2.36. The Kier molecular flexibility index (Phi) is 7.25. The van der Waals surface area contributed by atoms with Gasteiger partial charge in [0.25, 0.3) is 8.32 Å². The lowest BCUT2D eigenvalue weighted by atomic mass is 10.9. The summed E-state index contributed by atoms with van der Waals surface area (Å²) in [5.74, 6) is 0. The Morgan fingerprint density at radius 3 is 1.47 bits per heavy atom. The number of hydrogen-bond donors (Lipinski definition) is 0. The summed E-state index contributed by atoms with van der Waals surface area (Å²) in [7, 11) is -5.27. The summed E-state index contributed by atoms with van der Waals surface area (Å²) < 4.78 is 17.4. The monoisotopic (exact) mass is 270 g/mol. The lowest BCUT2D eigenvalue weighted by molar-refractivity contribution is 0.129. The van der Waals surface area contributed by atoms with Gasteiger partial charge in [-0.25, -0.2) is 0 Å². The minimum Gasteiger partial charge on any atom is -0.401 e. The van der Waals surface area contributed by atoms with Crippen molar-refractivity contribution in [3.8, 4) is 0 Å². The van der Waals surface area contributed by atoms with Crippen molar-refractivity contribution >= 4 is 17.1 Å². The first kappa shape index (κ1) is 16.3. The van der Waals surface area contributed by atoms with Crippen molar-refractivity contribution in [3.05, 3.63) is 49.1 Å². The van der Waals surface area contributed by atoms with Crippen molar-refractivity contribution in [1.82, 2.24) is 0 Å². The highest BCUT2D eigenvalue weighted by Crippen LogP contribution is 2.20. The van der Waals surface area contributed by atoms with Crippen molar-refractivity contribution in [3.63, 3.8) is 0 Å². The van der Waals surface area contributed by atoms with Gasteiger partial charge in [0.1, 0.15) is 0 Å². The Bertz CT molecular complexity index is 262. The van der Waals surface area contributed by atoms with Gasteiger partial charge in [-0.15, -0.1) is 19.7 Å². The van der Waals surface area contributed by atoms with Crippen LogP contribution < -0.4 is 0 Å². The van der Waals surface area contributed by atoms with Gasteiger partial charge in [0.2, 0.25) is 0 Å². The van der Waals surface area contributed by atoms with Crippen molar-refractivity contribution < 1.29 is 13.0 Å². The zero-order chi connectivity index (χ0) is 13.4. The quantitative estimate of drug-likeness (QED) is 0.571. The number of hydrogen-bond acceptors (Lipinski definition) is 3. The fourth-order valence-electron chi connectivity index (χ4n) is 1.28. The first-order valence-electron chi connectivity index (χ1n) is 5.60. The Labute approximate surface area is 107 Å². The van der Waals surface area contributed by atoms with Crippen LogP contribution in [0.3, 0.4) is 0 Å². The van der Waals surface area contributed by atoms with E-state index in [1.165, 1.54) is 0 Å². The molecular formula is C12H22O3Si2. The fourth-order valence-corrected chi connectivity index (χ4v) is 6.68. The molecule has 0 aliphatic rings. The van der Waals surface area contributed by atoms with Crippen molar-refractivity contribution in [2.45, 2.75) is 13.8 Å². The first-order chi connectivity index (χ1) is 8.07. The maximum atomic E-state index is 6.06. The van der Waals surface area contributed by atoms with E-state index in [0.717, 1.165) is 0 Å². The summed E-state index contributed by atoms with van der Waals surface area (Å²) in [5.41, 5.74) is 6.88. The molecule has 0 spiro atoms. The van der Waals surface area contributed by atoms with E-state index < -0.39 is 17.1 Å². The van der Waals surface area contributed by atoms with Gasteiger partial charge in [0, 0.05) is 13.2 Å². The molecule has 96 valence electrons. The highest BCUT2D eigenvalue weighted by atomic mass is 28.5. The molecule has 0 aromatic heterocycles. The smallest absolute Gasteiger partial charge is 0.401 e. The molecule has 0 aliphatic carbocycles. The predicted octanol–water partition coefficient (Wildman–Crippen LogP) is 2.86. The van der Waals surface area contributed by atoms with Crippen LogP contribution in [0.2, 0.25) is 0 Å². The zero-order valence-corrected chi connectivity index (χ0v) is 12.8. The minimum absolute atomic E-state index is 0.508. The Morgan fingerprint density at radius 1 is 0.824 bits per heavy atom. The molecule has 0 saturated carbocycles. The third-order valence-electron chi connectivity index (χ3n) is 2.22. The third kappa shape index (κ3) is 4.21. The maximum Gasteiger partial charge on any atom is 0.519 e. The van der Waals surface area contributed by atoms with Crippen LogP contribution in [0.4, 0.5) is 0 Å². The van der Waals surface area contributed by atoms with Crippen LogP contribution in [-0.2, 0) is 13.0 Å². The van der Waals surface area contributed by atoms with Gasteiger partial charge in [-0.1, -0.05) is 23.7 Å². The molecule has 5 heteroatoms. The van der Waals surface area contributed by atoms with Crippen LogP contribution in [0.25, 0.3) is 0 Å². The van der Waals surface area contributed by atoms with Gasteiger partial charge in [0.05, 0.1) is 0 Å². The van der Waals surface area contributed by atoms with Crippen molar-refractivity contribution in [1.29, 1.82) is 0 Å². The number of rotatable bonds is 10. The summed E-state index contributed by atoms with van der Waals surface area (Å²) >= 11 is 0. The Balaban J connectivity index is 5.18. The van der Waals surface area contributed by atoms with E-state index in [4.69, 9.17) is 13.0 Å². The highest BCUT2D eigenvalue weighted by Gasteiger charge is 2.44. The van der Waals surface area contributed by atoms with E-state index in [0.29, 0.717) is 13.2 Å². The molecule has 0 fully saturated rings. The Hall–Kier alpha value is -0.726. The van der Waals surface area contributed by atoms with Crippen LogP contribution in [0, 0.1) is 0 Å². The maximum absolute atomic E-state index is 6.06. The standard InChI is InChI=1S/C12H22O3Si2/c1-7-13-17(12-6,14-8-2)15-16(9-3,10-4)11-5/h9-12H,3-8H2,1-2H3. The minimum atomic E-state index is -2.86. The molecular weight excluding hydrogens is 248 g/mol. The SMILES string of the molecule is C=C[Si](C=C)(C=C)O[Si](C=C)(OCC)OCC. The normalized spacial score (nSPS) is 11.9. The molecule has 0 bridgehead atoms. The van der Waals surface area contributed by atoms with Crippen molar-refractivity contribution in [2.24, 2.45) is 0 Å². The van der Waals surface area contributed by atoms with Crippen molar-refractivity contribution in [2.75, 3.05) is 13.2 Å². The molecule has 0 radical (unpaired) electrons. The largest absolute Gasteiger partial charge is 0.519 e. The second-order valence-corrected chi connectivity index (χ2v) is 9.18. The molecule has 0 unspecified atom stereocenters. The van der Waals surface area contributed by atoms with E-state index in [-0.39, 0.29) is 0 Å². The molecule has 0 rings (SSSR count). The zero-order valence-electron chi connectivity index (χ0n) is 10.8. The van der Waals surface area contributed by atoms with Gasteiger partial charge < -0.3 is 13.0 Å². The molecule has 0 aliphatic heterocycles. The summed E-state index contributed by atoms with van der Waals surface area (Å²) in [4.78, 5) is 0. The molecule has 0 saturated heterocycles. The summed E-state index contributed by atoms with van der Waals surface area (Å²) in [6.45, 7) is 19.9. The Morgan fingerprint density at radius 2 is 1.24 bits per heavy atom. The lowest BCUT2D eigenvalue weighted by Gasteiger charge is -2.33. The van der Waals surface area contributed by atoms with Gasteiger partial charge >= 0.3 is 8.80 Å². The second-order valence-electron chi connectivity index (χ2n) is 3.24. The predicted molar refractivity (Wildman–Crippen MR) is 76.6 cm³/mol. The third-order valence-corrected chi connectivity index (χ3v) is 8.57. The van der Waals surface area contributed by atoms with Crippen LogP contribution in [0.15, 0.2) is 49.1 Å². The highest BCUT2D eigenvalue weighted by molar-refractivity contribution is 6.93. The van der Waals surface area contributed by atoms with Gasteiger partial charge in [0.15, 0.2) is 0 Å². The molecule has 0 heterocycles. The van der Waals surface area contributed by atoms with Crippen LogP contribution in [0.1, 0.15) is 13.8 Å². The van der Waals surface area contributed by atoms with Gasteiger partial charge in [-0.05, 0) is 19.5 Å². The topological polar surface area (TPSA) is 27.7 Å². The molecule has 0 N–H and O–H groups in total. The summed E-state index contributed by atoms with van der Waals surface area (Å²) in [6.07, 6.45) is 0. The van der Waals surface area contributed by atoms with Gasteiger partial charge in [-0.2, -0.15) is 0 Å². The average molecular weight is 270 g/mol. The summed E-state index contributed by atoms with van der Waals surface area (Å²) in [5, 5.41) is 0. The molecule has 17 heavy (non-hydrogen) atoms. The fraction of sp³-hybridized carbons (Fsp3) is 0.333. The van der Waals surface area contributed by atoms with E-state index in [1.54, 1.807) is 22.8 Å². The molecule has 0 aromatic rings. The lowest BCUT2D eigenvalue weighted by Crippen LogP contribution is -2.52. The molecule has 3 nitrogen and oxygen atoms in total. The second kappa shape index (κ2) is 7.57. The first-order valence-corrected chi connectivity index (χ1v) is 9.54. The van der Waals surface area contributed by atoms with E-state index in [1.807, 2.05) is 13.8 Å². The van der Waals surface area contributed by atoms with Gasteiger partial charge in [-0.3, -0.25) is 0 Å². The van der Waals surface area contributed by atoms with Crippen LogP contribution in [-0.4, -0.2) is 30.3 Å². The molecule has 0 atom stereocenters.